The van der Waals surface area contributed by atoms with E-state index in [0.717, 1.165) is 24.1 Å². The van der Waals surface area contributed by atoms with Crippen LogP contribution in [0.25, 0.3) is 0 Å². The van der Waals surface area contributed by atoms with E-state index < -0.39 is 35.3 Å². The third-order valence-corrected chi connectivity index (χ3v) is 6.45. The van der Waals surface area contributed by atoms with E-state index in [1.165, 1.54) is 36.0 Å². The first kappa shape index (κ1) is 22.3. The van der Waals surface area contributed by atoms with E-state index >= 15 is 0 Å². The van der Waals surface area contributed by atoms with Gasteiger partial charge in [-0.3, -0.25) is 19.7 Å². The number of carbonyl (C=O) groups excluding carboxylic acids is 3. The highest BCUT2D eigenvalue weighted by molar-refractivity contribution is 8.00. The van der Waals surface area contributed by atoms with Gasteiger partial charge in [0.2, 0.25) is 11.8 Å². The fraction of sp³-hybridized carbons (Fsp3) is 0.318. The molecular formula is C22H24FN5O3S. The number of amides is 3. The van der Waals surface area contributed by atoms with Crippen LogP contribution < -0.4 is 26.6 Å². The summed E-state index contributed by atoms with van der Waals surface area (Å²) in [7, 11) is 0. The first-order valence-corrected chi connectivity index (χ1v) is 11.4. The molecule has 168 valence electrons. The monoisotopic (exact) mass is 457 g/mol. The Kier molecular flexibility index (Phi) is 6.73. The molecular weight excluding hydrogens is 433 g/mol. The van der Waals surface area contributed by atoms with E-state index in [1.807, 2.05) is 24.3 Å². The minimum atomic E-state index is -1.08. The predicted molar refractivity (Wildman–Crippen MR) is 120 cm³/mol. The van der Waals surface area contributed by atoms with Gasteiger partial charge in [0.05, 0.1) is 17.5 Å². The van der Waals surface area contributed by atoms with Crippen LogP contribution in [0.5, 0.6) is 0 Å². The first-order chi connectivity index (χ1) is 15.4. The second kappa shape index (κ2) is 9.68. The third kappa shape index (κ3) is 4.77. The van der Waals surface area contributed by atoms with Crippen molar-refractivity contribution in [1.82, 2.24) is 16.0 Å². The van der Waals surface area contributed by atoms with Gasteiger partial charge in [0.1, 0.15) is 17.4 Å². The van der Waals surface area contributed by atoms with Gasteiger partial charge in [-0.2, -0.15) is 0 Å². The molecule has 3 amide bonds. The molecule has 0 aromatic heterocycles. The van der Waals surface area contributed by atoms with Gasteiger partial charge < -0.3 is 21.3 Å². The van der Waals surface area contributed by atoms with E-state index in [1.54, 1.807) is 4.90 Å². The number of fused-ring (bicyclic) bond motifs is 1. The number of nitrogens with two attached hydrogens (primary N) is 1. The minimum absolute atomic E-state index is 0.0539. The van der Waals surface area contributed by atoms with Crippen molar-refractivity contribution in [2.45, 2.75) is 30.5 Å². The van der Waals surface area contributed by atoms with Crippen LogP contribution in [0.2, 0.25) is 0 Å². The summed E-state index contributed by atoms with van der Waals surface area (Å²) in [5, 5.41) is 8.14. The van der Waals surface area contributed by atoms with Gasteiger partial charge in [0, 0.05) is 12.2 Å². The van der Waals surface area contributed by atoms with Crippen LogP contribution in [-0.2, 0) is 16.0 Å². The summed E-state index contributed by atoms with van der Waals surface area (Å²) in [6.07, 6.45) is 0.949. The summed E-state index contributed by atoms with van der Waals surface area (Å²) in [6, 6.07) is 12.3. The van der Waals surface area contributed by atoms with Crippen molar-refractivity contribution < 1.29 is 18.8 Å². The van der Waals surface area contributed by atoms with E-state index in [0.29, 0.717) is 6.54 Å². The molecule has 4 rings (SSSR count). The van der Waals surface area contributed by atoms with E-state index in [-0.39, 0.29) is 17.2 Å². The van der Waals surface area contributed by atoms with Crippen LogP contribution in [0.4, 0.5) is 10.1 Å². The number of nitrogens with one attached hydrogen (secondary N) is 3. The lowest BCUT2D eigenvalue weighted by Gasteiger charge is -2.35. The molecule has 2 aliphatic heterocycles. The Morgan fingerprint density at radius 3 is 2.72 bits per heavy atom. The Hall–Kier alpha value is -2.95. The molecule has 0 saturated carbocycles. The van der Waals surface area contributed by atoms with Crippen LogP contribution in [0.3, 0.4) is 0 Å². The molecule has 2 aliphatic rings. The Morgan fingerprint density at radius 2 is 1.94 bits per heavy atom. The van der Waals surface area contributed by atoms with Gasteiger partial charge in [-0.15, -0.1) is 11.8 Å². The molecule has 5 N–H and O–H groups in total. The van der Waals surface area contributed by atoms with Crippen LogP contribution in [0.15, 0.2) is 48.5 Å². The smallest absolute Gasteiger partial charge is 0.254 e. The zero-order valence-corrected chi connectivity index (χ0v) is 18.0. The number of hydrogen-bond donors (Lipinski definition) is 4. The number of para-hydroxylation sites is 1. The highest BCUT2D eigenvalue weighted by Crippen LogP contribution is 2.27. The molecule has 2 heterocycles. The summed E-state index contributed by atoms with van der Waals surface area (Å²) < 4.78 is 13.8. The molecule has 2 aromatic rings. The van der Waals surface area contributed by atoms with Crippen molar-refractivity contribution in [2.24, 2.45) is 5.73 Å². The molecule has 32 heavy (non-hydrogen) atoms. The number of hydrogen-bond acceptors (Lipinski definition) is 6. The summed E-state index contributed by atoms with van der Waals surface area (Å²) in [5.41, 5.74) is 7.36. The number of carbonyl (C=O) groups is 3. The molecule has 0 bridgehead atoms. The van der Waals surface area contributed by atoms with Gasteiger partial charge in [0.25, 0.3) is 5.91 Å². The Bertz CT molecular complexity index is 1040. The van der Waals surface area contributed by atoms with Crippen molar-refractivity contribution in [3.05, 3.63) is 65.5 Å². The number of nitrogens with zero attached hydrogens (tertiary/aromatic N) is 1. The van der Waals surface area contributed by atoms with Crippen LogP contribution in [0, 0.1) is 5.82 Å². The van der Waals surface area contributed by atoms with Crippen LogP contribution >= 0.6 is 11.8 Å². The fourth-order valence-electron chi connectivity index (χ4n) is 3.83. The van der Waals surface area contributed by atoms with Crippen molar-refractivity contribution >= 4 is 35.2 Å². The minimum Gasteiger partial charge on any atom is -0.338 e. The standard InChI is InChI=1S/C22H24FN5O3S/c23-15-9-3-2-8-14(15)20(30)25-18-19(24)26-22(27-21(18)31)32-12-17(29)28-11-5-7-13-6-1-4-10-16(13)28/h1-4,6,8-10,18-19,22,26H,5,7,11-12,24H2,(H,25,30)(H,27,31). The molecule has 1 fully saturated rings. The normalized spacial score (nSPS) is 22.6. The van der Waals surface area contributed by atoms with Gasteiger partial charge in [-0.25, -0.2) is 4.39 Å². The van der Waals surface area contributed by atoms with Crippen molar-refractivity contribution in [2.75, 3.05) is 17.2 Å². The summed E-state index contributed by atoms with van der Waals surface area (Å²) in [5.74, 6) is -1.83. The van der Waals surface area contributed by atoms with Crippen LogP contribution in [-0.4, -0.2) is 47.7 Å². The number of rotatable bonds is 5. The van der Waals surface area contributed by atoms with Gasteiger partial charge in [0.15, 0.2) is 0 Å². The molecule has 3 atom stereocenters. The number of thioether (sulfide) groups is 1. The molecule has 0 spiro atoms. The van der Waals surface area contributed by atoms with Crippen molar-refractivity contribution in [3.63, 3.8) is 0 Å². The quantitative estimate of drug-likeness (QED) is 0.531. The average Bonchev–Trinajstić information content (AvgIpc) is 2.79. The maximum Gasteiger partial charge on any atom is 0.254 e. The largest absolute Gasteiger partial charge is 0.338 e. The predicted octanol–water partition coefficient (Wildman–Crippen LogP) is 0.925. The second-order valence-electron chi connectivity index (χ2n) is 7.60. The van der Waals surface area contributed by atoms with Gasteiger partial charge >= 0.3 is 0 Å². The van der Waals surface area contributed by atoms with E-state index in [4.69, 9.17) is 5.73 Å². The van der Waals surface area contributed by atoms with Crippen LogP contribution in [0.1, 0.15) is 22.3 Å². The number of halogens is 1. The number of anilines is 1. The highest BCUT2D eigenvalue weighted by atomic mass is 32.2. The maximum atomic E-state index is 13.8. The number of benzene rings is 2. The van der Waals surface area contributed by atoms with Crippen molar-refractivity contribution in [3.8, 4) is 0 Å². The van der Waals surface area contributed by atoms with Crippen molar-refractivity contribution in [1.29, 1.82) is 0 Å². The van der Waals surface area contributed by atoms with E-state index in [2.05, 4.69) is 16.0 Å². The topological polar surface area (TPSA) is 117 Å². The number of aryl methyl sites for hydroxylation is 1. The lowest BCUT2D eigenvalue weighted by atomic mass is 10.0. The highest BCUT2D eigenvalue weighted by Gasteiger charge is 2.36. The summed E-state index contributed by atoms with van der Waals surface area (Å²) in [6.45, 7) is 0.657. The molecule has 8 nitrogen and oxygen atoms in total. The van der Waals surface area contributed by atoms with Gasteiger partial charge in [-0.05, 0) is 36.6 Å². The molecule has 0 radical (unpaired) electrons. The lowest BCUT2D eigenvalue weighted by molar-refractivity contribution is -0.125. The lowest BCUT2D eigenvalue weighted by Crippen LogP contribution is -2.70. The Morgan fingerprint density at radius 1 is 1.19 bits per heavy atom. The average molecular weight is 458 g/mol. The molecule has 2 aromatic carbocycles. The molecule has 0 aliphatic carbocycles. The fourth-order valence-corrected chi connectivity index (χ4v) is 4.75. The van der Waals surface area contributed by atoms with E-state index in [9.17, 15) is 18.8 Å². The Labute approximate surface area is 189 Å². The maximum absolute atomic E-state index is 13.8. The third-order valence-electron chi connectivity index (χ3n) is 5.45. The molecule has 1 saturated heterocycles. The molecule has 10 heteroatoms. The first-order valence-electron chi connectivity index (χ1n) is 10.3. The second-order valence-corrected chi connectivity index (χ2v) is 8.69. The summed E-state index contributed by atoms with van der Waals surface area (Å²) in [4.78, 5) is 39.4. The van der Waals surface area contributed by atoms with Gasteiger partial charge in [-0.1, -0.05) is 30.3 Å². The molecule has 3 unspecified atom stereocenters. The Balaban J connectivity index is 1.32. The zero-order valence-electron chi connectivity index (χ0n) is 17.2. The SMILES string of the molecule is NC1NC(SCC(=O)N2CCCc3ccccc32)NC(=O)C1NC(=O)c1ccccc1F. The zero-order chi connectivity index (χ0) is 22.7. The summed E-state index contributed by atoms with van der Waals surface area (Å²) >= 11 is 1.21.